The van der Waals surface area contributed by atoms with Gasteiger partial charge in [-0.1, -0.05) is 33.6 Å². The molecule has 0 spiro atoms. The highest BCUT2D eigenvalue weighted by molar-refractivity contribution is 9.10. The molecule has 5 nitrogen and oxygen atoms in total. The molecule has 0 bridgehead atoms. The Kier molecular flexibility index (Phi) is 8.22. The van der Waals surface area contributed by atoms with Gasteiger partial charge in [0.15, 0.2) is 0 Å². The average molecular weight is 405 g/mol. The van der Waals surface area contributed by atoms with Crippen molar-refractivity contribution in [2.45, 2.75) is 44.9 Å². The second-order valence-corrected chi connectivity index (χ2v) is 8.47. The third-order valence-electron chi connectivity index (χ3n) is 3.24. The number of amides is 1. The van der Waals surface area contributed by atoms with Crippen LogP contribution < -0.4 is 10.0 Å². The second-order valence-electron chi connectivity index (χ2n) is 5.85. The van der Waals surface area contributed by atoms with Crippen molar-refractivity contribution < 1.29 is 13.2 Å². The monoisotopic (exact) mass is 404 g/mol. The van der Waals surface area contributed by atoms with E-state index < -0.39 is 10.0 Å². The number of halogens is 1. The number of sulfonamides is 1. The molecule has 0 atom stereocenters. The summed E-state index contributed by atoms with van der Waals surface area (Å²) in [6.07, 6.45) is 3.04. The van der Waals surface area contributed by atoms with Crippen molar-refractivity contribution in [1.29, 1.82) is 0 Å². The summed E-state index contributed by atoms with van der Waals surface area (Å²) in [5.41, 5.74) is 0.328. The Labute approximate surface area is 147 Å². The molecular weight excluding hydrogens is 380 g/mol. The molecule has 23 heavy (non-hydrogen) atoms. The summed E-state index contributed by atoms with van der Waals surface area (Å²) >= 11 is 3.31. The largest absolute Gasteiger partial charge is 0.352 e. The minimum atomic E-state index is -3.61. The topological polar surface area (TPSA) is 75.3 Å². The Morgan fingerprint density at radius 3 is 2.57 bits per heavy atom. The minimum absolute atomic E-state index is 0.0973. The second kappa shape index (κ2) is 9.39. The molecule has 7 heteroatoms. The number of benzene rings is 1. The third kappa shape index (κ3) is 6.61. The Hall–Kier alpha value is -0.920. The lowest BCUT2D eigenvalue weighted by atomic mass is 10.2. The Bertz CT molecular complexity index is 630. The fraction of sp³-hybridized carbons (Fsp3) is 0.562. The van der Waals surface area contributed by atoms with E-state index in [-0.39, 0.29) is 16.7 Å². The summed E-state index contributed by atoms with van der Waals surface area (Å²) in [5.74, 6) is -0.0598. The summed E-state index contributed by atoms with van der Waals surface area (Å²) < 4.78 is 27.7. The van der Waals surface area contributed by atoms with Crippen LogP contribution in [0.2, 0.25) is 0 Å². The average Bonchev–Trinajstić information content (AvgIpc) is 2.49. The van der Waals surface area contributed by atoms with Gasteiger partial charge in [0.1, 0.15) is 0 Å². The maximum atomic E-state index is 12.3. The lowest BCUT2D eigenvalue weighted by Gasteiger charge is -2.11. The maximum Gasteiger partial charge on any atom is 0.252 e. The molecule has 1 amide bonds. The maximum absolute atomic E-state index is 12.3. The van der Waals surface area contributed by atoms with Gasteiger partial charge in [-0.05, 0) is 46.5 Å². The summed E-state index contributed by atoms with van der Waals surface area (Å²) in [6, 6.07) is 4.48. The first-order valence-corrected chi connectivity index (χ1v) is 10.1. The van der Waals surface area contributed by atoms with Crippen LogP contribution in [0.15, 0.2) is 27.6 Å². The van der Waals surface area contributed by atoms with Gasteiger partial charge in [-0.15, -0.1) is 0 Å². The number of hydrogen-bond donors (Lipinski definition) is 2. The van der Waals surface area contributed by atoms with Gasteiger partial charge >= 0.3 is 0 Å². The molecule has 0 heterocycles. The van der Waals surface area contributed by atoms with E-state index in [9.17, 15) is 13.2 Å². The van der Waals surface area contributed by atoms with Gasteiger partial charge < -0.3 is 5.32 Å². The minimum Gasteiger partial charge on any atom is -0.352 e. The Morgan fingerprint density at radius 2 is 1.96 bits per heavy atom. The van der Waals surface area contributed by atoms with Gasteiger partial charge in [-0.2, -0.15) is 0 Å². The van der Waals surface area contributed by atoms with Gasteiger partial charge in [0.2, 0.25) is 10.0 Å². The highest BCUT2D eigenvalue weighted by atomic mass is 79.9. The van der Waals surface area contributed by atoms with Gasteiger partial charge in [-0.3, -0.25) is 4.79 Å². The van der Waals surface area contributed by atoms with Crippen LogP contribution in [0.4, 0.5) is 0 Å². The van der Waals surface area contributed by atoms with E-state index in [1.54, 1.807) is 6.07 Å². The van der Waals surface area contributed by atoms with E-state index in [0.717, 1.165) is 19.3 Å². The Balaban J connectivity index is 2.88. The van der Waals surface area contributed by atoms with Crippen molar-refractivity contribution in [2.75, 3.05) is 13.1 Å². The zero-order valence-electron chi connectivity index (χ0n) is 13.9. The molecule has 1 rings (SSSR count). The zero-order valence-corrected chi connectivity index (χ0v) is 16.3. The SMILES string of the molecule is CCCCCNC(=O)c1cc(S(=O)(=O)NCC(C)C)ccc1Br. The standard InChI is InChI=1S/C16H25BrN2O3S/c1-4-5-6-9-18-16(20)14-10-13(7-8-15(14)17)23(21,22)19-11-12(2)3/h7-8,10,12,19H,4-6,9,11H2,1-3H3,(H,18,20). The van der Waals surface area contributed by atoms with Crippen molar-refractivity contribution in [1.82, 2.24) is 10.0 Å². The molecule has 0 aromatic heterocycles. The molecule has 2 N–H and O–H groups in total. The van der Waals surface area contributed by atoms with Crippen molar-refractivity contribution in [3.8, 4) is 0 Å². The molecule has 0 fully saturated rings. The van der Waals surface area contributed by atoms with Crippen LogP contribution in [0, 0.1) is 5.92 Å². The molecule has 0 unspecified atom stereocenters. The molecule has 130 valence electrons. The van der Waals surface area contributed by atoms with E-state index in [0.29, 0.717) is 23.1 Å². The van der Waals surface area contributed by atoms with Gasteiger partial charge in [0.25, 0.3) is 5.91 Å². The predicted molar refractivity (Wildman–Crippen MR) is 96.0 cm³/mol. The molecule has 1 aromatic rings. The number of carbonyl (C=O) groups excluding carboxylic acids is 1. The molecule has 0 saturated carbocycles. The third-order valence-corrected chi connectivity index (χ3v) is 5.35. The lowest BCUT2D eigenvalue weighted by molar-refractivity contribution is 0.0952. The van der Waals surface area contributed by atoms with Crippen LogP contribution in [0.25, 0.3) is 0 Å². The van der Waals surface area contributed by atoms with E-state index >= 15 is 0 Å². The highest BCUT2D eigenvalue weighted by Crippen LogP contribution is 2.21. The van der Waals surface area contributed by atoms with Crippen LogP contribution in [0.1, 0.15) is 50.4 Å². The van der Waals surface area contributed by atoms with E-state index in [4.69, 9.17) is 0 Å². The van der Waals surface area contributed by atoms with Crippen LogP contribution in [0.3, 0.4) is 0 Å². The first-order chi connectivity index (χ1) is 10.8. The summed E-state index contributed by atoms with van der Waals surface area (Å²) in [4.78, 5) is 12.3. The molecule has 0 saturated heterocycles. The van der Waals surface area contributed by atoms with Crippen LogP contribution in [0.5, 0.6) is 0 Å². The first-order valence-electron chi connectivity index (χ1n) is 7.85. The fourth-order valence-corrected chi connectivity index (χ4v) is 3.54. The van der Waals surface area contributed by atoms with Crippen molar-refractivity contribution in [2.24, 2.45) is 5.92 Å². The molecule has 0 aliphatic heterocycles. The van der Waals surface area contributed by atoms with E-state index in [2.05, 4.69) is 32.9 Å². The summed E-state index contributed by atoms with van der Waals surface area (Å²) in [6.45, 7) is 6.90. The van der Waals surface area contributed by atoms with Crippen LogP contribution in [-0.4, -0.2) is 27.4 Å². The summed E-state index contributed by atoms with van der Waals surface area (Å²) in [7, 11) is -3.61. The van der Waals surface area contributed by atoms with Gasteiger partial charge in [0, 0.05) is 17.6 Å². The number of nitrogens with one attached hydrogen (secondary N) is 2. The smallest absolute Gasteiger partial charge is 0.252 e. The summed E-state index contributed by atoms with van der Waals surface area (Å²) in [5, 5.41) is 2.82. The van der Waals surface area contributed by atoms with Crippen LogP contribution in [-0.2, 0) is 10.0 Å². The van der Waals surface area contributed by atoms with Gasteiger partial charge in [-0.25, -0.2) is 13.1 Å². The van der Waals surface area contributed by atoms with E-state index in [1.807, 2.05) is 13.8 Å². The molecule has 1 aromatic carbocycles. The number of hydrogen-bond acceptors (Lipinski definition) is 3. The van der Waals surface area contributed by atoms with Crippen LogP contribution >= 0.6 is 15.9 Å². The molecule has 0 radical (unpaired) electrons. The van der Waals surface area contributed by atoms with Crippen molar-refractivity contribution in [3.63, 3.8) is 0 Å². The quantitative estimate of drug-likeness (QED) is 0.619. The van der Waals surface area contributed by atoms with E-state index in [1.165, 1.54) is 12.1 Å². The first kappa shape index (κ1) is 20.1. The fourth-order valence-electron chi connectivity index (χ4n) is 1.88. The van der Waals surface area contributed by atoms with Crippen molar-refractivity contribution >= 4 is 31.9 Å². The number of rotatable bonds is 9. The number of unbranched alkanes of at least 4 members (excludes halogenated alkanes) is 2. The lowest BCUT2D eigenvalue weighted by Crippen LogP contribution is -2.28. The van der Waals surface area contributed by atoms with Gasteiger partial charge in [0.05, 0.1) is 10.5 Å². The molecular formula is C16H25BrN2O3S. The molecule has 0 aliphatic rings. The zero-order chi connectivity index (χ0) is 17.5. The predicted octanol–water partition coefficient (Wildman–Crippen LogP) is 3.30. The molecule has 0 aliphatic carbocycles. The normalized spacial score (nSPS) is 11.7. The number of carbonyl (C=O) groups is 1. The highest BCUT2D eigenvalue weighted by Gasteiger charge is 2.18. The Morgan fingerprint density at radius 1 is 1.26 bits per heavy atom. The van der Waals surface area contributed by atoms with Crippen molar-refractivity contribution in [3.05, 3.63) is 28.2 Å².